The molecule has 5 N–H and O–H groups in total. The fraction of sp³-hybridized carbons (Fsp3) is 0.327. The maximum atomic E-state index is 13.4. The Morgan fingerprint density at radius 2 is 1.55 bits per heavy atom. The summed E-state index contributed by atoms with van der Waals surface area (Å²) in [6, 6.07) is 25.7. The molecule has 17 nitrogen and oxygen atoms in total. The van der Waals surface area contributed by atoms with E-state index in [1.54, 1.807) is 12.3 Å². The van der Waals surface area contributed by atoms with Crippen molar-refractivity contribution in [3.8, 4) is 28.1 Å². The number of imide groups is 2. The first-order valence-corrected chi connectivity index (χ1v) is 22.4. The topological polar surface area (TPSA) is 226 Å². The van der Waals surface area contributed by atoms with Crippen molar-refractivity contribution in [2.24, 2.45) is 0 Å². The smallest absolute Gasteiger partial charge is 0.347 e. The summed E-state index contributed by atoms with van der Waals surface area (Å²) in [5, 5.41) is 19.2. The Bertz CT molecular complexity index is 2920. The lowest BCUT2D eigenvalue weighted by Crippen LogP contribution is -2.51. The zero-order valence-electron chi connectivity index (χ0n) is 36.2. The van der Waals surface area contributed by atoms with Crippen LogP contribution < -0.4 is 31.7 Å². The fourth-order valence-corrected chi connectivity index (χ4v) is 9.07. The first-order chi connectivity index (χ1) is 32.1. The number of H-pyrrole nitrogens is 1. The van der Waals surface area contributed by atoms with Gasteiger partial charge in [0.25, 0.3) is 17.7 Å². The summed E-state index contributed by atoms with van der Waals surface area (Å²) < 4.78 is 7.16. The van der Waals surface area contributed by atoms with E-state index in [9.17, 15) is 33.6 Å². The summed E-state index contributed by atoms with van der Waals surface area (Å²) in [5.74, 6) is -2.89. The van der Waals surface area contributed by atoms with Crippen LogP contribution in [0.3, 0.4) is 0 Å². The van der Waals surface area contributed by atoms with Gasteiger partial charge in [0.1, 0.15) is 11.8 Å². The summed E-state index contributed by atoms with van der Waals surface area (Å²) >= 11 is 0. The molecule has 1 saturated carbocycles. The monoisotopic (exact) mass is 891 g/mol. The van der Waals surface area contributed by atoms with Crippen molar-refractivity contribution in [1.29, 1.82) is 0 Å². The molecule has 66 heavy (non-hydrogen) atoms. The number of carbonyl (C=O) groups is 6. The van der Waals surface area contributed by atoms with Gasteiger partial charge in [-0.2, -0.15) is 5.10 Å². The van der Waals surface area contributed by atoms with Gasteiger partial charge in [0.05, 0.1) is 28.9 Å². The van der Waals surface area contributed by atoms with Crippen molar-refractivity contribution >= 4 is 52.0 Å². The van der Waals surface area contributed by atoms with Crippen LogP contribution in [-0.2, 0) is 24.7 Å². The molecule has 6 amide bonds. The number of nitrogens with one attached hydrogen (secondary N) is 5. The van der Waals surface area contributed by atoms with Crippen LogP contribution in [-0.4, -0.2) is 92.2 Å². The molecular weight excluding hydrogens is 843 g/mol. The zero-order valence-corrected chi connectivity index (χ0v) is 36.2. The van der Waals surface area contributed by atoms with E-state index < -0.39 is 29.7 Å². The molecule has 3 aromatic heterocycles. The number of fused-ring (bicyclic) bond motifs is 4. The summed E-state index contributed by atoms with van der Waals surface area (Å²) in [4.78, 5) is 94.7. The molecular formula is C49H49N9O8. The number of carbonyl (C=O) groups excluding carboxylic acids is 6. The van der Waals surface area contributed by atoms with Gasteiger partial charge in [-0.3, -0.25) is 44.3 Å². The Balaban J connectivity index is 0.706. The van der Waals surface area contributed by atoms with Gasteiger partial charge in [-0.1, -0.05) is 73.5 Å². The maximum Gasteiger partial charge on any atom is 0.347 e. The average molecular weight is 892 g/mol. The summed E-state index contributed by atoms with van der Waals surface area (Å²) in [7, 11) is 0. The van der Waals surface area contributed by atoms with Crippen molar-refractivity contribution in [2.45, 2.75) is 75.8 Å². The van der Waals surface area contributed by atoms with Crippen molar-refractivity contribution in [3.05, 3.63) is 118 Å². The summed E-state index contributed by atoms with van der Waals surface area (Å²) in [6.45, 7) is 0.778. The van der Waals surface area contributed by atoms with Crippen LogP contribution in [0.25, 0.3) is 38.9 Å². The van der Waals surface area contributed by atoms with E-state index in [1.165, 1.54) is 16.5 Å². The third-order valence-corrected chi connectivity index (χ3v) is 12.7. The van der Waals surface area contributed by atoms with Gasteiger partial charge in [0.15, 0.2) is 12.3 Å². The van der Waals surface area contributed by atoms with Crippen molar-refractivity contribution in [1.82, 2.24) is 45.7 Å². The van der Waals surface area contributed by atoms with E-state index in [4.69, 9.17) is 9.72 Å². The minimum atomic E-state index is -1.11. The molecule has 6 aromatic rings. The Morgan fingerprint density at radius 1 is 0.788 bits per heavy atom. The lowest BCUT2D eigenvalue weighted by Gasteiger charge is -2.43. The molecule has 9 rings (SSSR count). The van der Waals surface area contributed by atoms with Gasteiger partial charge in [-0.15, -0.1) is 0 Å². The van der Waals surface area contributed by atoms with Crippen LogP contribution >= 0.6 is 0 Å². The number of nitrogens with zero attached hydrogens (tertiary/aromatic N) is 4. The van der Waals surface area contributed by atoms with Crippen LogP contribution in [0, 0.1) is 0 Å². The van der Waals surface area contributed by atoms with Gasteiger partial charge >= 0.3 is 5.69 Å². The quantitative estimate of drug-likeness (QED) is 0.0632. The highest BCUT2D eigenvalue weighted by Gasteiger charge is 2.45. The summed E-state index contributed by atoms with van der Waals surface area (Å²) in [6.07, 6.45) is 8.43. The molecule has 0 bridgehead atoms. The minimum absolute atomic E-state index is 0.0107. The van der Waals surface area contributed by atoms with E-state index >= 15 is 0 Å². The molecule has 2 aliphatic heterocycles. The molecule has 1 unspecified atom stereocenters. The first kappa shape index (κ1) is 43.7. The number of ether oxygens (including phenoxy) is 1. The third kappa shape index (κ3) is 8.81. The molecule has 3 aromatic carbocycles. The van der Waals surface area contributed by atoms with Crippen molar-refractivity contribution < 1.29 is 33.5 Å². The second kappa shape index (κ2) is 18.9. The van der Waals surface area contributed by atoms with Gasteiger partial charge in [0, 0.05) is 47.8 Å². The second-order valence-corrected chi connectivity index (χ2v) is 17.0. The Hall–Kier alpha value is -7.53. The molecule has 3 aliphatic rings. The normalized spacial score (nSPS) is 16.7. The maximum absolute atomic E-state index is 13.4. The van der Waals surface area contributed by atoms with Crippen LogP contribution in [0.15, 0.2) is 95.9 Å². The Kier molecular flexibility index (Phi) is 12.5. The Labute approximate surface area is 378 Å². The molecule has 1 aliphatic carbocycles. The standard InChI is InChI=1S/C49H49N9O8/c59-39-16-9-14-37(45(62)54-39)58-46(63)33-13-8-15-38(42(33)47(58)64)66-29-41(61)51-25-7-2-1-6-24-50-40(60)28-52-49(22-10-23-49)32-19-17-31(18-20-32)43-34(30-11-4-3-5-12-30)27-35-36(53-43)21-26-57-44(35)55-56-48(57)65/h3-5,8,11-13,15,17-21,26-27,37,52H,1-2,6-7,9-10,14,16,22-25,28-29H2,(H,50,60)(H,51,61)(H,56,65)(H,54,59,62). The van der Waals surface area contributed by atoms with E-state index in [1.807, 2.05) is 42.5 Å². The zero-order chi connectivity index (χ0) is 45.8. The third-order valence-electron chi connectivity index (χ3n) is 12.7. The number of benzene rings is 3. The molecule has 0 radical (unpaired) electrons. The predicted octanol–water partition coefficient (Wildman–Crippen LogP) is 4.54. The minimum Gasteiger partial charge on any atom is -0.483 e. The van der Waals surface area contributed by atoms with Gasteiger partial charge in [-0.25, -0.2) is 19.3 Å². The largest absolute Gasteiger partial charge is 0.483 e. The number of hydrogen-bond donors (Lipinski definition) is 5. The van der Waals surface area contributed by atoms with Crippen LogP contribution in [0.4, 0.5) is 0 Å². The average Bonchev–Trinajstić information content (AvgIpc) is 3.76. The highest BCUT2D eigenvalue weighted by molar-refractivity contribution is 6.24. The lowest BCUT2D eigenvalue weighted by atomic mass is 9.71. The molecule has 17 heteroatoms. The van der Waals surface area contributed by atoms with E-state index in [2.05, 4.69) is 55.7 Å². The molecule has 0 spiro atoms. The number of pyridine rings is 2. The number of hydrogen-bond acceptors (Lipinski definition) is 11. The molecule has 1 saturated heterocycles. The first-order valence-electron chi connectivity index (χ1n) is 22.4. The predicted molar refractivity (Wildman–Crippen MR) is 243 cm³/mol. The van der Waals surface area contributed by atoms with Crippen LogP contribution in [0.1, 0.15) is 90.5 Å². The number of rotatable bonds is 17. The van der Waals surface area contributed by atoms with Crippen LogP contribution in [0.2, 0.25) is 0 Å². The molecule has 2 fully saturated rings. The van der Waals surface area contributed by atoms with E-state index in [0.29, 0.717) is 25.2 Å². The molecule has 5 heterocycles. The Morgan fingerprint density at radius 3 is 2.29 bits per heavy atom. The lowest BCUT2D eigenvalue weighted by molar-refractivity contribution is -0.131. The van der Waals surface area contributed by atoms with Crippen molar-refractivity contribution in [2.75, 3.05) is 26.2 Å². The van der Waals surface area contributed by atoms with E-state index in [0.717, 1.165) is 88.7 Å². The van der Waals surface area contributed by atoms with Gasteiger partial charge < -0.3 is 15.4 Å². The SMILES string of the molecule is O=C(CNC1(c2ccc(-c3nc4ccn5c(=O)[nH]nc5c4cc3-c3ccccc3)cc2)CCC1)NCCCCCCNC(=O)COc1cccc2c1C(=O)N(C1CCCC(=O)NC1=O)C2=O. The number of amides is 6. The molecule has 1 atom stereocenters. The van der Waals surface area contributed by atoms with Crippen LogP contribution in [0.5, 0.6) is 5.75 Å². The molecule has 338 valence electrons. The number of aromatic amines is 1. The van der Waals surface area contributed by atoms with E-state index in [-0.39, 0.29) is 65.9 Å². The summed E-state index contributed by atoms with van der Waals surface area (Å²) in [5.41, 5.74) is 5.52. The second-order valence-electron chi connectivity index (χ2n) is 17.0. The fourth-order valence-electron chi connectivity index (χ4n) is 9.07. The van der Waals surface area contributed by atoms with Gasteiger partial charge in [-0.05, 0) is 80.3 Å². The number of aromatic nitrogens is 4. The van der Waals surface area contributed by atoms with Crippen molar-refractivity contribution in [3.63, 3.8) is 0 Å². The number of unbranched alkanes of at least 4 members (excludes halogenated alkanes) is 3. The highest BCUT2D eigenvalue weighted by Crippen LogP contribution is 2.42. The highest BCUT2D eigenvalue weighted by atomic mass is 16.5. The van der Waals surface area contributed by atoms with Gasteiger partial charge in [0.2, 0.25) is 17.7 Å².